The second-order valence-corrected chi connectivity index (χ2v) is 4.42. The van der Waals surface area contributed by atoms with Gasteiger partial charge < -0.3 is 4.89 Å². The Morgan fingerprint density at radius 3 is 2.08 bits per heavy atom. The fraction of sp³-hybridized carbons (Fsp3) is 0.333. The second kappa shape index (κ2) is 4.68. The van der Waals surface area contributed by atoms with Gasteiger partial charge in [-0.25, -0.2) is 0 Å². The van der Waals surface area contributed by atoms with Gasteiger partial charge in [-0.2, -0.15) is 0 Å². The molecule has 13 heavy (non-hydrogen) atoms. The van der Waals surface area contributed by atoms with E-state index in [0.717, 1.165) is 0 Å². The van der Waals surface area contributed by atoms with E-state index in [1.54, 1.807) is 0 Å². The molecule has 2 rings (SSSR count). The summed E-state index contributed by atoms with van der Waals surface area (Å²) >= 11 is 0. The maximum absolute atomic E-state index is 10.7. The van der Waals surface area contributed by atoms with Gasteiger partial charge in [0, 0.05) is 12.8 Å². The van der Waals surface area contributed by atoms with Crippen LogP contribution in [0.5, 0.6) is 0 Å². The Morgan fingerprint density at radius 1 is 1.23 bits per heavy atom. The Hall–Kier alpha value is 0.280. The van der Waals surface area contributed by atoms with E-state index < -0.39 is 8.03 Å². The monoisotopic (exact) mass is 203 g/mol. The summed E-state index contributed by atoms with van der Waals surface area (Å²) in [6.45, 7) is 0. The predicted molar refractivity (Wildman–Crippen MR) is 45.2 cm³/mol. The Kier molecular flexibility index (Phi) is 4.08. The fourth-order valence-corrected chi connectivity index (χ4v) is 2.38. The third-order valence-corrected chi connectivity index (χ3v) is 3.29. The van der Waals surface area contributed by atoms with Gasteiger partial charge in [-0.05, 0) is 11.1 Å². The van der Waals surface area contributed by atoms with Crippen LogP contribution in [0.15, 0.2) is 24.3 Å². The molecule has 2 nitrogen and oxygen atoms in total. The van der Waals surface area contributed by atoms with Crippen LogP contribution in [0.3, 0.4) is 0 Å². The normalized spacial score (nSPS) is 16.2. The molecule has 0 aliphatic heterocycles. The molecule has 0 fully saturated rings. The topological polar surface area (TPSA) is 40.1 Å². The summed E-state index contributed by atoms with van der Waals surface area (Å²) < 4.78 is 10.7. The molecular weight excluding hydrogens is 194 g/mol. The summed E-state index contributed by atoms with van der Waals surface area (Å²) in [6, 6.07) is 7.93. The molecule has 0 spiro atoms. The van der Waals surface area contributed by atoms with Crippen LogP contribution in [0.1, 0.15) is 11.1 Å². The maximum Gasteiger partial charge on any atom is 1.00 e. The van der Waals surface area contributed by atoms with Crippen molar-refractivity contribution < 1.29 is 39.0 Å². The second-order valence-electron chi connectivity index (χ2n) is 3.12. The minimum absolute atomic E-state index is 0. The van der Waals surface area contributed by atoms with E-state index in [9.17, 15) is 9.46 Å². The van der Waals surface area contributed by atoms with E-state index in [2.05, 4.69) is 0 Å². The molecule has 0 bridgehead atoms. The molecule has 1 aromatic rings. The first kappa shape index (κ1) is 11.4. The van der Waals surface area contributed by atoms with Gasteiger partial charge in [0.15, 0.2) is 5.66 Å². The minimum Gasteiger partial charge on any atom is -0.595 e. The van der Waals surface area contributed by atoms with Crippen molar-refractivity contribution in [3.8, 4) is 0 Å². The third-order valence-electron chi connectivity index (χ3n) is 2.33. The van der Waals surface area contributed by atoms with Crippen molar-refractivity contribution in [2.75, 3.05) is 0 Å². The molecule has 0 heterocycles. The zero-order chi connectivity index (χ0) is 8.55. The molecule has 0 saturated heterocycles. The molecule has 1 aromatic carbocycles. The zero-order valence-corrected chi connectivity index (χ0v) is 10.5. The average Bonchev–Trinajstić information content (AvgIpc) is 2.46. The number of rotatable bonds is 1. The standard InChI is InChI=1S/C9H9O2P.Na/c10-12(11)9-5-7-3-1-2-4-8(7)6-9;/h1-4,9H,5-6H2;/q;+1. The third kappa shape index (κ3) is 2.39. The van der Waals surface area contributed by atoms with E-state index in [1.807, 2.05) is 24.3 Å². The van der Waals surface area contributed by atoms with Crippen molar-refractivity contribution in [2.24, 2.45) is 0 Å². The quantitative estimate of drug-likeness (QED) is 0.401. The van der Waals surface area contributed by atoms with Gasteiger partial charge in [0.05, 0.1) is 0 Å². The number of hydrogen-bond donors (Lipinski definition) is 0. The van der Waals surface area contributed by atoms with Crippen molar-refractivity contribution in [1.82, 2.24) is 0 Å². The van der Waals surface area contributed by atoms with Crippen molar-refractivity contribution in [3.63, 3.8) is 0 Å². The molecule has 62 valence electrons. The molecule has 1 aliphatic carbocycles. The van der Waals surface area contributed by atoms with Gasteiger partial charge in [-0.1, -0.05) is 28.8 Å². The van der Waals surface area contributed by atoms with Gasteiger partial charge in [0.1, 0.15) is 0 Å². The SMILES string of the molecule is O=[P+]([O-])C1Cc2ccccc2C1.[Na+]. The van der Waals surface area contributed by atoms with Crippen LogP contribution < -0.4 is 34.5 Å². The van der Waals surface area contributed by atoms with Crippen LogP contribution in [-0.2, 0) is 17.4 Å². The molecule has 4 heteroatoms. The first-order valence-corrected chi connectivity index (χ1v) is 5.22. The summed E-state index contributed by atoms with van der Waals surface area (Å²) in [5.41, 5.74) is 2.24. The Labute approximate surface area is 101 Å². The van der Waals surface area contributed by atoms with E-state index in [1.165, 1.54) is 11.1 Å². The molecule has 0 radical (unpaired) electrons. The summed E-state index contributed by atoms with van der Waals surface area (Å²) in [4.78, 5) is 10.7. The molecule has 0 aromatic heterocycles. The van der Waals surface area contributed by atoms with Crippen molar-refractivity contribution >= 4 is 8.03 Å². The largest absolute Gasteiger partial charge is 1.00 e. The van der Waals surface area contributed by atoms with Crippen molar-refractivity contribution in [3.05, 3.63) is 35.4 Å². The summed E-state index contributed by atoms with van der Waals surface area (Å²) in [7, 11) is -2.25. The molecule has 1 aliphatic rings. The molecule has 0 amide bonds. The Bertz CT molecular complexity index is 302. The van der Waals surface area contributed by atoms with E-state index in [0.29, 0.717) is 12.8 Å². The van der Waals surface area contributed by atoms with Crippen molar-refractivity contribution in [2.45, 2.75) is 18.5 Å². The maximum atomic E-state index is 10.7. The van der Waals surface area contributed by atoms with Gasteiger partial charge in [-0.15, -0.1) is 0 Å². The predicted octanol–water partition coefficient (Wildman–Crippen LogP) is -1.74. The Balaban J connectivity index is 0.000000845. The Morgan fingerprint density at radius 2 is 1.69 bits per heavy atom. The fourth-order valence-electron chi connectivity index (χ4n) is 1.68. The minimum atomic E-state index is -2.25. The van der Waals surface area contributed by atoms with Crippen LogP contribution in [0, 0.1) is 0 Å². The zero-order valence-electron chi connectivity index (χ0n) is 7.56. The number of fused-ring (bicyclic) bond motifs is 1. The van der Waals surface area contributed by atoms with Crippen LogP contribution in [0.4, 0.5) is 0 Å². The number of hydrogen-bond acceptors (Lipinski definition) is 2. The number of benzene rings is 1. The van der Waals surface area contributed by atoms with Crippen LogP contribution in [0.2, 0.25) is 0 Å². The van der Waals surface area contributed by atoms with Crippen molar-refractivity contribution in [1.29, 1.82) is 0 Å². The average molecular weight is 203 g/mol. The van der Waals surface area contributed by atoms with Crippen LogP contribution in [0.25, 0.3) is 0 Å². The first-order valence-electron chi connectivity index (χ1n) is 3.97. The van der Waals surface area contributed by atoms with Gasteiger partial charge in [0.25, 0.3) is 0 Å². The molecule has 0 N–H and O–H groups in total. The molecule has 1 unspecified atom stereocenters. The summed E-state index contributed by atoms with van der Waals surface area (Å²) in [5, 5.41) is 0. The van der Waals surface area contributed by atoms with E-state index in [4.69, 9.17) is 0 Å². The molecular formula is C9H9NaO2P+. The molecule has 0 saturated carbocycles. The summed E-state index contributed by atoms with van der Waals surface area (Å²) in [6.07, 6.45) is 1.41. The van der Waals surface area contributed by atoms with Crippen LogP contribution in [-0.4, -0.2) is 5.66 Å². The van der Waals surface area contributed by atoms with Gasteiger partial charge in [0.2, 0.25) is 0 Å². The summed E-state index contributed by atoms with van der Waals surface area (Å²) in [5.74, 6) is 0. The van der Waals surface area contributed by atoms with Gasteiger partial charge >= 0.3 is 37.6 Å². The van der Waals surface area contributed by atoms with E-state index >= 15 is 0 Å². The van der Waals surface area contributed by atoms with E-state index in [-0.39, 0.29) is 35.2 Å². The van der Waals surface area contributed by atoms with Gasteiger partial charge in [-0.3, -0.25) is 0 Å². The molecule has 1 atom stereocenters. The smallest absolute Gasteiger partial charge is 0.595 e. The van der Waals surface area contributed by atoms with Crippen LogP contribution >= 0.6 is 8.03 Å². The first-order chi connectivity index (χ1) is 5.77.